The summed E-state index contributed by atoms with van der Waals surface area (Å²) in [6.45, 7) is 2.50. The minimum absolute atomic E-state index is 0.0498. The molecule has 3 rings (SSSR count). The Bertz CT molecular complexity index is 575. The molecule has 0 amide bonds. The molecule has 2 heterocycles. The van der Waals surface area contributed by atoms with Crippen molar-refractivity contribution < 1.29 is 10.0 Å². The highest BCUT2D eigenvalue weighted by Crippen LogP contribution is 2.29. The Morgan fingerprint density at radius 2 is 2.00 bits per heavy atom. The van der Waals surface area contributed by atoms with Crippen LogP contribution >= 0.6 is 0 Å². The Hall–Kier alpha value is -2.21. The molecule has 1 aromatic carbocycles. The van der Waals surface area contributed by atoms with E-state index < -0.39 is 4.92 Å². The number of benzene rings is 1. The molecule has 0 bridgehead atoms. The lowest BCUT2D eigenvalue weighted by Gasteiger charge is -1.99. The van der Waals surface area contributed by atoms with Gasteiger partial charge in [-0.2, -0.15) is 0 Å². The Morgan fingerprint density at radius 3 is 2.58 bits per heavy atom. The van der Waals surface area contributed by atoms with E-state index >= 15 is 0 Å². The molecule has 0 spiro atoms. The lowest BCUT2D eigenvalue weighted by atomic mass is 10.2. The lowest BCUT2D eigenvalue weighted by molar-refractivity contribution is -0.383. The van der Waals surface area contributed by atoms with E-state index in [2.05, 4.69) is 10.3 Å². The molecule has 19 heavy (non-hydrogen) atoms. The second kappa shape index (κ2) is 6.10. The number of non-ortho nitro benzene ring substituents is 1. The number of phenols is 1. The van der Waals surface area contributed by atoms with E-state index in [0.29, 0.717) is 5.39 Å². The molecule has 6 nitrogen and oxygen atoms in total. The number of pyridine rings is 1. The average molecular weight is 261 g/mol. The predicted molar refractivity (Wildman–Crippen MR) is 72.2 cm³/mol. The first-order valence-corrected chi connectivity index (χ1v) is 6.12. The van der Waals surface area contributed by atoms with Gasteiger partial charge in [-0.3, -0.25) is 15.1 Å². The van der Waals surface area contributed by atoms with Crippen LogP contribution in [-0.4, -0.2) is 28.1 Å². The first-order valence-electron chi connectivity index (χ1n) is 6.12. The second-order valence-electron chi connectivity index (χ2n) is 4.22. The van der Waals surface area contributed by atoms with Crippen molar-refractivity contribution in [1.29, 1.82) is 0 Å². The highest BCUT2D eigenvalue weighted by molar-refractivity contribution is 5.91. The minimum atomic E-state index is -0.497. The van der Waals surface area contributed by atoms with Gasteiger partial charge in [0, 0.05) is 12.3 Å². The van der Waals surface area contributed by atoms with Crippen molar-refractivity contribution in [3.05, 3.63) is 40.6 Å². The normalized spacial score (nSPS) is 13.9. The van der Waals surface area contributed by atoms with Crippen molar-refractivity contribution in [2.45, 2.75) is 12.8 Å². The molecule has 6 heteroatoms. The summed E-state index contributed by atoms with van der Waals surface area (Å²) in [4.78, 5) is 14.0. The van der Waals surface area contributed by atoms with Crippen molar-refractivity contribution in [3.63, 3.8) is 0 Å². The number of rotatable bonds is 1. The molecule has 1 aliphatic heterocycles. The van der Waals surface area contributed by atoms with Crippen LogP contribution in [0.25, 0.3) is 10.9 Å². The van der Waals surface area contributed by atoms with Gasteiger partial charge in [-0.1, -0.05) is 0 Å². The number of nitro benzene ring substituents is 1. The standard InChI is InChI=1S/C9H6N2O3.C4H9N/c12-8-4-3-7(11(13)14)6-2-1-5-10-9(6)8;1-2-4-5-3-1/h1-5,12H;5H,1-4H2. The molecule has 1 aromatic heterocycles. The van der Waals surface area contributed by atoms with Crippen LogP contribution < -0.4 is 5.32 Å². The number of nitro groups is 1. The molecule has 0 unspecified atom stereocenters. The number of phenolic OH excluding ortho intramolecular Hbond substituents is 1. The van der Waals surface area contributed by atoms with Gasteiger partial charge in [-0.25, -0.2) is 0 Å². The van der Waals surface area contributed by atoms with Crippen molar-refractivity contribution in [1.82, 2.24) is 10.3 Å². The van der Waals surface area contributed by atoms with Gasteiger partial charge in [0.1, 0.15) is 11.3 Å². The van der Waals surface area contributed by atoms with Crippen LogP contribution in [0.4, 0.5) is 5.69 Å². The lowest BCUT2D eigenvalue weighted by Crippen LogP contribution is -2.03. The predicted octanol–water partition coefficient (Wildman–Crippen LogP) is 2.22. The fourth-order valence-electron chi connectivity index (χ4n) is 1.93. The number of aromatic hydroxyl groups is 1. The van der Waals surface area contributed by atoms with E-state index in [4.69, 9.17) is 0 Å². The molecule has 2 N–H and O–H groups in total. The zero-order chi connectivity index (χ0) is 13.7. The summed E-state index contributed by atoms with van der Waals surface area (Å²) in [5, 5.41) is 23.6. The Kier molecular flexibility index (Phi) is 4.25. The maximum Gasteiger partial charge on any atom is 0.279 e. The van der Waals surface area contributed by atoms with Crippen LogP contribution in [0, 0.1) is 10.1 Å². The summed E-state index contributed by atoms with van der Waals surface area (Å²) in [6.07, 6.45) is 4.26. The van der Waals surface area contributed by atoms with Gasteiger partial charge >= 0.3 is 0 Å². The monoisotopic (exact) mass is 261 g/mol. The zero-order valence-electron chi connectivity index (χ0n) is 10.4. The van der Waals surface area contributed by atoms with Gasteiger partial charge in [0.2, 0.25) is 0 Å². The summed E-state index contributed by atoms with van der Waals surface area (Å²) in [7, 11) is 0. The van der Waals surface area contributed by atoms with Gasteiger partial charge in [-0.15, -0.1) is 0 Å². The van der Waals surface area contributed by atoms with Crippen molar-refractivity contribution in [2.75, 3.05) is 13.1 Å². The maximum atomic E-state index is 10.6. The largest absolute Gasteiger partial charge is 0.506 e. The molecule has 0 aliphatic carbocycles. The molecule has 0 radical (unpaired) electrons. The average Bonchev–Trinajstić information content (AvgIpc) is 2.98. The fourth-order valence-corrected chi connectivity index (χ4v) is 1.93. The van der Waals surface area contributed by atoms with Gasteiger partial charge < -0.3 is 10.4 Å². The first kappa shape index (κ1) is 13.2. The summed E-state index contributed by atoms with van der Waals surface area (Å²) in [5.74, 6) is -0.0498. The third kappa shape index (κ3) is 3.17. The summed E-state index contributed by atoms with van der Waals surface area (Å²) in [6, 6.07) is 5.68. The SMILES string of the molecule is C1CCNC1.O=[N+]([O-])c1ccc(O)c2ncccc12. The summed E-state index contributed by atoms with van der Waals surface area (Å²) in [5.41, 5.74) is 0.201. The minimum Gasteiger partial charge on any atom is -0.506 e. The topological polar surface area (TPSA) is 88.3 Å². The molecular weight excluding hydrogens is 246 g/mol. The highest BCUT2D eigenvalue weighted by atomic mass is 16.6. The third-order valence-electron chi connectivity index (χ3n) is 2.88. The van der Waals surface area contributed by atoms with E-state index in [-0.39, 0.29) is 17.0 Å². The molecule has 2 aromatic rings. The van der Waals surface area contributed by atoms with Gasteiger partial charge in [0.05, 0.1) is 10.3 Å². The molecule has 100 valence electrons. The van der Waals surface area contributed by atoms with Crippen LogP contribution in [0.3, 0.4) is 0 Å². The van der Waals surface area contributed by atoms with E-state index in [1.165, 1.54) is 44.3 Å². The van der Waals surface area contributed by atoms with E-state index in [9.17, 15) is 15.2 Å². The number of fused-ring (bicyclic) bond motifs is 1. The number of hydrogen-bond donors (Lipinski definition) is 2. The smallest absolute Gasteiger partial charge is 0.279 e. The molecular formula is C13H15N3O3. The van der Waals surface area contributed by atoms with Gasteiger partial charge in [0.25, 0.3) is 5.69 Å². The second-order valence-corrected chi connectivity index (χ2v) is 4.22. The molecule has 0 atom stereocenters. The van der Waals surface area contributed by atoms with Crippen LogP contribution in [0.15, 0.2) is 30.5 Å². The maximum absolute atomic E-state index is 10.6. The first-order chi connectivity index (χ1) is 9.20. The van der Waals surface area contributed by atoms with Crippen molar-refractivity contribution >= 4 is 16.6 Å². The number of hydrogen-bond acceptors (Lipinski definition) is 5. The fraction of sp³-hybridized carbons (Fsp3) is 0.308. The zero-order valence-corrected chi connectivity index (χ0v) is 10.4. The van der Waals surface area contributed by atoms with Crippen LogP contribution in [0.2, 0.25) is 0 Å². The van der Waals surface area contributed by atoms with Crippen LogP contribution in [-0.2, 0) is 0 Å². The molecule has 0 saturated carbocycles. The van der Waals surface area contributed by atoms with Gasteiger partial charge in [0.15, 0.2) is 0 Å². The van der Waals surface area contributed by atoms with E-state index in [1.54, 1.807) is 12.1 Å². The number of nitrogens with zero attached hydrogens (tertiary/aromatic N) is 2. The third-order valence-corrected chi connectivity index (χ3v) is 2.88. The Morgan fingerprint density at radius 1 is 1.26 bits per heavy atom. The Labute approximate surface area is 110 Å². The summed E-state index contributed by atoms with van der Waals surface area (Å²) >= 11 is 0. The van der Waals surface area contributed by atoms with Crippen molar-refractivity contribution in [3.8, 4) is 5.75 Å². The number of aromatic nitrogens is 1. The highest BCUT2D eigenvalue weighted by Gasteiger charge is 2.13. The molecule has 1 saturated heterocycles. The molecule has 1 aliphatic rings. The van der Waals surface area contributed by atoms with Crippen LogP contribution in [0.1, 0.15) is 12.8 Å². The van der Waals surface area contributed by atoms with Crippen LogP contribution in [0.5, 0.6) is 5.75 Å². The van der Waals surface area contributed by atoms with Crippen molar-refractivity contribution in [2.24, 2.45) is 0 Å². The Balaban J connectivity index is 0.000000224. The van der Waals surface area contributed by atoms with E-state index in [0.717, 1.165) is 0 Å². The number of nitrogens with one attached hydrogen (secondary N) is 1. The van der Waals surface area contributed by atoms with Gasteiger partial charge in [-0.05, 0) is 44.1 Å². The summed E-state index contributed by atoms with van der Waals surface area (Å²) < 4.78 is 0. The van der Waals surface area contributed by atoms with E-state index in [1.807, 2.05) is 0 Å². The quantitative estimate of drug-likeness (QED) is 0.607. The molecule has 1 fully saturated rings.